The Morgan fingerprint density at radius 1 is 1.11 bits per heavy atom. The molecular formula is C28H34ClN5O. The Hall–Kier alpha value is -2.49. The number of halogens is 1. The van der Waals surface area contributed by atoms with Gasteiger partial charge < -0.3 is 9.30 Å². The van der Waals surface area contributed by atoms with E-state index < -0.39 is 0 Å². The highest BCUT2D eigenvalue weighted by Crippen LogP contribution is 2.41. The first-order chi connectivity index (χ1) is 17.1. The fourth-order valence-electron chi connectivity index (χ4n) is 6.01. The molecule has 1 unspecified atom stereocenters. The molecule has 3 aromatic rings. The van der Waals surface area contributed by atoms with Gasteiger partial charge in [0.15, 0.2) is 0 Å². The average Bonchev–Trinajstić information content (AvgIpc) is 3.52. The number of nitrogens with zero attached hydrogens (tertiary/aromatic N) is 5. The smallest absolute Gasteiger partial charge is 0.143 e. The van der Waals surface area contributed by atoms with E-state index in [1.54, 1.807) is 12.4 Å². The first kappa shape index (κ1) is 24.2. The van der Waals surface area contributed by atoms with Gasteiger partial charge in [-0.1, -0.05) is 44.2 Å². The maximum Gasteiger partial charge on any atom is 0.143 e. The number of fused-ring (bicyclic) bond motifs is 1. The number of aromatic nitrogens is 4. The summed E-state index contributed by atoms with van der Waals surface area (Å²) in [5, 5.41) is 10.3. The van der Waals surface area contributed by atoms with Gasteiger partial charge in [-0.15, -0.1) is 0 Å². The summed E-state index contributed by atoms with van der Waals surface area (Å²) in [7, 11) is 0. The Labute approximate surface area is 212 Å². The lowest BCUT2D eigenvalue weighted by molar-refractivity contribution is 0.0114. The fraction of sp³-hybridized carbons (Fsp3) is 0.571. The summed E-state index contributed by atoms with van der Waals surface area (Å²) in [6.45, 7) is 5.97. The van der Waals surface area contributed by atoms with E-state index in [2.05, 4.69) is 29.5 Å². The van der Waals surface area contributed by atoms with Gasteiger partial charge in [0.25, 0.3) is 0 Å². The molecule has 0 spiro atoms. The maximum absolute atomic E-state index is 9.74. The second kappa shape index (κ2) is 10.6. The van der Waals surface area contributed by atoms with E-state index in [1.165, 1.54) is 51.4 Å². The highest BCUT2D eigenvalue weighted by atomic mass is 35.5. The van der Waals surface area contributed by atoms with Crippen LogP contribution in [0.3, 0.4) is 0 Å². The zero-order valence-electron chi connectivity index (χ0n) is 20.7. The summed E-state index contributed by atoms with van der Waals surface area (Å²) in [4.78, 5) is 14.2. The lowest BCUT2D eigenvalue weighted by atomic mass is 9.83. The fourth-order valence-corrected chi connectivity index (χ4v) is 6.18. The molecule has 6 nitrogen and oxygen atoms in total. The third-order valence-corrected chi connectivity index (χ3v) is 8.06. The summed E-state index contributed by atoms with van der Waals surface area (Å²) in [6, 6.07) is 5.91. The summed E-state index contributed by atoms with van der Waals surface area (Å²) >= 11 is 6.31. The second-order valence-electron chi connectivity index (χ2n) is 10.4. The van der Waals surface area contributed by atoms with Crippen molar-refractivity contribution in [3.63, 3.8) is 0 Å². The number of rotatable bonds is 7. The SMILES string of the molecule is CCOC(c1nc2cc(C#N)nc(-c3cncc(Cl)c3)c2n1C[C@H]1CC[C@H](C)CC1)C1CCCC1. The molecule has 184 valence electrons. The van der Waals surface area contributed by atoms with Crippen LogP contribution in [0.15, 0.2) is 24.5 Å². The minimum absolute atomic E-state index is 0.0479. The van der Waals surface area contributed by atoms with Crippen molar-refractivity contribution in [2.24, 2.45) is 17.8 Å². The normalized spacial score (nSPS) is 21.9. The van der Waals surface area contributed by atoms with Crippen LogP contribution in [0.1, 0.15) is 82.8 Å². The molecule has 2 aliphatic rings. The zero-order chi connectivity index (χ0) is 24.4. The van der Waals surface area contributed by atoms with Crippen LogP contribution in [0.2, 0.25) is 5.02 Å². The lowest BCUT2D eigenvalue weighted by Crippen LogP contribution is -2.23. The summed E-state index contributed by atoms with van der Waals surface area (Å²) in [5.74, 6) is 2.85. The van der Waals surface area contributed by atoms with Crippen LogP contribution < -0.4 is 0 Å². The topological polar surface area (TPSA) is 76.6 Å². The molecule has 0 radical (unpaired) electrons. The van der Waals surface area contributed by atoms with E-state index in [4.69, 9.17) is 26.3 Å². The van der Waals surface area contributed by atoms with Gasteiger partial charge in [0.2, 0.25) is 0 Å². The minimum Gasteiger partial charge on any atom is -0.370 e. The van der Waals surface area contributed by atoms with Crippen molar-refractivity contribution in [3.8, 4) is 17.3 Å². The molecule has 0 bridgehead atoms. The molecule has 1 atom stereocenters. The Morgan fingerprint density at radius 2 is 1.89 bits per heavy atom. The molecule has 7 heteroatoms. The number of ether oxygens (including phenoxy) is 1. The Bertz CT molecular complexity index is 1220. The van der Waals surface area contributed by atoms with Crippen molar-refractivity contribution in [2.45, 2.75) is 77.9 Å². The predicted octanol–water partition coefficient (Wildman–Crippen LogP) is 7.11. The summed E-state index contributed by atoms with van der Waals surface area (Å²) in [5.41, 5.74) is 3.64. The third-order valence-electron chi connectivity index (χ3n) is 7.85. The van der Waals surface area contributed by atoms with Gasteiger partial charge in [-0.3, -0.25) is 4.98 Å². The second-order valence-corrected chi connectivity index (χ2v) is 10.8. The van der Waals surface area contributed by atoms with Gasteiger partial charge in [-0.2, -0.15) is 5.26 Å². The van der Waals surface area contributed by atoms with Crippen LogP contribution >= 0.6 is 11.6 Å². The van der Waals surface area contributed by atoms with Gasteiger partial charge in [0.1, 0.15) is 23.7 Å². The third kappa shape index (κ3) is 5.08. The molecule has 2 aliphatic carbocycles. The van der Waals surface area contributed by atoms with Crippen LogP contribution in [0, 0.1) is 29.1 Å². The molecule has 35 heavy (non-hydrogen) atoms. The molecule has 2 saturated carbocycles. The first-order valence-electron chi connectivity index (χ1n) is 13.1. The van der Waals surface area contributed by atoms with Gasteiger partial charge in [-0.25, -0.2) is 9.97 Å². The van der Waals surface area contributed by atoms with E-state index in [0.717, 1.165) is 40.6 Å². The van der Waals surface area contributed by atoms with E-state index >= 15 is 0 Å². The van der Waals surface area contributed by atoms with Crippen LogP contribution in [-0.4, -0.2) is 26.1 Å². The highest BCUT2D eigenvalue weighted by molar-refractivity contribution is 6.30. The summed E-state index contributed by atoms with van der Waals surface area (Å²) in [6.07, 6.45) is 13.2. The number of hydrogen-bond donors (Lipinski definition) is 0. The molecule has 0 saturated heterocycles. The van der Waals surface area contributed by atoms with Gasteiger partial charge in [0.05, 0.1) is 21.7 Å². The van der Waals surface area contributed by atoms with Crippen LogP contribution in [0.4, 0.5) is 0 Å². The van der Waals surface area contributed by atoms with Crippen molar-refractivity contribution < 1.29 is 4.74 Å². The van der Waals surface area contributed by atoms with E-state index in [0.29, 0.717) is 29.2 Å². The first-order valence-corrected chi connectivity index (χ1v) is 13.5. The maximum atomic E-state index is 9.74. The van der Waals surface area contributed by atoms with Crippen molar-refractivity contribution in [1.82, 2.24) is 19.5 Å². The molecular weight excluding hydrogens is 458 g/mol. The standard InChI is InChI=1S/C28H34ClN5O/c1-3-35-27(20-6-4-5-7-20)28-33-24-13-23(14-30)32-25(21-12-22(29)16-31-15-21)26(24)34(28)17-19-10-8-18(2)9-11-19/h12-13,15-16,18-20,27H,3-11,17H2,1-2H3/t18-,19-,27?. The van der Waals surface area contributed by atoms with Crippen LogP contribution in [0.25, 0.3) is 22.3 Å². The number of imidazole rings is 1. The molecule has 0 N–H and O–H groups in total. The van der Waals surface area contributed by atoms with E-state index in [9.17, 15) is 5.26 Å². The number of pyridine rings is 2. The Kier molecular flexibility index (Phi) is 7.36. The van der Waals surface area contributed by atoms with Crippen LogP contribution in [-0.2, 0) is 11.3 Å². The molecule has 0 aromatic carbocycles. The van der Waals surface area contributed by atoms with Crippen molar-refractivity contribution in [3.05, 3.63) is 41.1 Å². The quantitative estimate of drug-likeness (QED) is 0.352. The van der Waals surface area contributed by atoms with Gasteiger partial charge >= 0.3 is 0 Å². The summed E-state index contributed by atoms with van der Waals surface area (Å²) < 4.78 is 8.78. The molecule has 3 heterocycles. The van der Waals surface area contributed by atoms with Crippen molar-refractivity contribution in [2.75, 3.05) is 6.61 Å². The molecule has 3 aromatic heterocycles. The predicted molar refractivity (Wildman–Crippen MR) is 138 cm³/mol. The van der Waals surface area contributed by atoms with Crippen LogP contribution in [0.5, 0.6) is 0 Å². The average molecular weight is 492 g/mol. The lowest BCUT2D eigenvalue weighted by Gasteiger charge is -2.29. The highest BCUT2D eigenvalue weighted by Gasteiger charge is 2.33. The Balaban J connectivity index is 1.70. The zero-order valence-corrected chi connectivity index (χ0v) is 21.5. The largest absolute Gasteiger partial charge is 0.370 e. The Morgan fingerprint density at radius 3 is 2.57 bits per heavy atom. The van der Waals surface area contributed by atoms with Gasteiger partial charge in [-0.05, 0) is 56.4 Å². The monoisotopic (exact) mass is 491 g/mol. The van der Waals surface area contributed by atoms with Gasteiger partial charge in [0, 0.05) is 37.2 Å². The molecule has 5 rings (SSSR count). The van der Waals surface area contributed by atoms with Crippen molar-refractivity contribution >= 4 is 22.6 Å². The van der Waals surface area contributed by atoms with E-state index in [-0.39, 0.29) is 6.10 Å². The molecule has 2 fully saturated rings. The minimum atomic E-state index is -0.0479. The number of nitriles is 1. The van der Waals surface area contributed by atoms with Crippen molar-refractivity contribution in [1.29, 1.82) is 5.26 Å². The molecule has 0 amide bonds. The number of hydrogen-bond acceptors (Lipinski definition) is 5. The molecule has 0 aliphatic heterocycles. The van der Waals surface area contributed by atoms with E-state index in [1.807, 2.05) is 12.1 Å².